The molecule has 7 nitrogen and oxygen atoms in total. The van der Waals surface area contributed by atoms with Crippen LogP contribution in [0, 0.1) is 0 Å². The Morgan fingerprint density at radius 1 is 1.12 bits per heavy atom. The number of amides is 2. The number of aromatic nitrogens is 1. The maximum Gasteiger partial charge on any atom is 0.339 e. The predicted octanol–water partition coefficient (Wildman–Crippen LogP) is 4.66. The van der Waals surface area contributed by atoms with Gasteiger partial charge in [0.2, 0.25) is 5.91 Å². The molecule has 0 fully saturated rings. The van der Waals surface area contributed by atoms with Crippen LogP contribution in [0.15, 0.2) is 53.9 Å². The molecular weight excluding hydrogens is 426 g/mol. The number of nitrogens with zero attached hydrogens (tertiary/aromatic N) is 1. The van der Waals surface area contributed by atoms with Crippen molar-refractivity contribution in [2.24, 2.45) is 0 Å². The van der Waals surface area contributed by atoms with E-state index in [0.29, 0.717) is 29.2 Å². The van der Waals surface area contributed by atoms with E-state index in [4.69, 9.17) is 4.74 Å². The highest BCUT2D eigenvalue weighted by atomic mass is 32.1. The first-order valence-corrected chi connectivity index (χ1v) is 11.2. The lowest BCUT2D eigenvalue weighted by Crippen LogP contribution is -2.48. The summed E-state index contributed by atoms with van der Waals surface area (Å²) in [5.74, 6) is -0.941. The molecule has 2 N–H and O–H groups in total. The smallest absolute Gasteiger partial charge is 0.339 e. The van der Waals surface area contributed by atoms with E-state index in [1.807, 2.05) is 48.7 Å². The second-order valence-corrected chi connectivity index (χ2v) is 8.68. The Kier molecular flexibility index (Phi) is 6.05. The largest absolute Gasteiger partial charge is 0.445 e. The molecule has 164 valence electrons. The van der Waals surface area contributed by atoms with Crippen molar-refractivity contribution in [2.45, 2.75) is 38.7 Å². The summed E-state index contributed by atoms with van der Waals surface area (Å²) in [4.78, 5) is 41.5. The highest BCUT2D eigenvalue weighted by Crippen LogP contribution is 2.31. The van der Waals surface area contributed by atoms with Crippen molar-refractivity contribution in [1.82, 2.24) is 4.98 Å². The van der Waals surface area contributed by atoms with Gasteiger partial charge in [0.1, 0.15) is 0 Å². The van der Waals surface area contributed by atoms with Gasteiger partial charge in [0.25, 0.3) is 5.91 Å². The summed E-state index contributed by atoms with van der Waals surface area (Å²) in [5, 5.41) is 7.88. The number of hydrogen-bond acceptors (Lipinski definition) is 6. The van der Waals surface area contributed by atoms with Gasteiger partial charge in [0.05, 0.1) is 11.3 Å². The lowest BCUT2D eigenvalue weighted by atomic mass is 9.89. The number of rotatable bonds is 6. The topological polar surface area (TPSA) is 97.4 Å². The average Bonchev–Trinajstić information content (AvgIpc) is 3.23. The van der Waals surface area contributed by atoms with Gasteiger partial charge < -0.3 is 10.1 Å². The lowest BCUT2D eigenvalue weighted by Gasteiger charge is -2.32. The van der Waals surface area contributed by atoms with Crippen LogP contribution >= 0.6 is 11.3 Å². The van der Waals surface area contributed by atoms with Crippen molar-refractivity contribution >= 4 is 39.9 Å². The van der Waals surface area contributed by atoms with Crippen molar-refractivity contribution in [2.75, 3.05) is 10.6 Å². The standard InChI is InChI=1S/C24H23N3O4S/c1-3-6-20(28)25-17-11-9-15(10-12-17)19-14-32-23(26-19)27-22(30)24(2)13-16-7-4-5-8-18(16)21(29)31-24/h4-5,7-12,14H,3,6,13H2,1-2H3,(H,25,28)(H,26,27,30). The van der Waals surface area contributed by atoms with Gasteiger partial charge in [-0.05, 0) is 37.1 Å². The zero-order valence-corrected chi connectivity index (χ0v) is 18.6. The highest BCUT2D eigenvalue weighted by Gasteiger charge is 2.42. The number of cyclic esters (lactones) is 1. The Bertz CT molecular complexity index is 1170. The minimum absolute atomic E-state index is 0.0153. The molecule has 32 heavy (non-hydrogen) atoms. The zero-order valence-electron chi connectivity index (χ0n) is 17.8. The van der Waals surface area contributed by atoms with Crippen LogP contribution < -0.4 is 10.6 Å². The molecule has 8 heteroatoms. The fourth-order valence-electron chi connectivity index (χ4n) is 3.53. The molecule has 1 aliphatic rings. The minimum Gasteiger partial charge on any atom is -0.445 e. The van der Waals surface area contributed by atoms with Crippen LogP contribution in [0.2, 0.25) is 0 Å². The molecule has 2 aromatic carbocycles. The van der Waals surface area contributed by atoms with Gasteiger partial charge in [-0.25, -0.2) is 9.78 Å². The van der Waals surface area contributed by atoms with Gasteiger partial charge in [-0.15, -0.1) is 11.3 Å². The number of carbonyl (C=O) groups excluding carboxylic acids is 3. The van der Waals surface area contributed by atoms with Crippen molar-refractivity contribution in [3.05, 3.63) is 65.0 Å². The number of fused-ring (bicyclic) bond motifs is 1. The number of carbonyl (C=O) groups is 3. The first-order chi connectivity index (χ1) is 15.4. The molecule has 1 aromatic heterocycles. The molecule has 3 aromatic rings. The summed E-state index contributed by atoms with van der Waals surface area (Å²) in [6, 6.07) is 14.5. The van der Waals surface area contributed by atoms with E-state index < -0.39 is 17.5 Å². The van der Waals surface area contributed by atoms with Crippen LogP contribution in [-0.4, -0.2) is 28.4 Å². The van der Waals surface area contributed by atoms with Crippen LogP contribution in [0.1, 0.15) is 42.6 Å². The second-order valence-electron chi connectivity index (χ2n) is 7.82. The average molecular weight is 450 g/mol. The molecule has 0 radical (unpaired) electrons. The third kappa shape index (κ3) is 4.55. The summed E-state index contributed by atoms with van der Waals surface area (Å²) < 4.78 is 5.48. The Hall–Kier alpha value is -3.52. The molecular formula is C24H23N3O4S. The molecule has 1 unspecified atom stereocenters. The van der Waals surface area contributed by atoms with Crippen molar-refractivity contribution in [3.8, 4) is 11.3 Å². The molecule has 0 saturated heterocycles. The van der Waals surface area contributed by atoms with E-state index in [1.165, 1.54) is 11.3 Å². The molecule has 1 aliphatic heterocycles. The maximum absolute atomic E-state index is 12.9. The Labute approximate surface area is 189 Å². The van der Waals surface area contributed by atoms with Crippen LogP contribution in [0.25, 0.3) is 11.3 Å². The predicted molar refractivity (Wildman–Crippen MR) is 124 cm³/mol. The van der Waals surface area contributed by atoms with Crippen molar-refractivity contribution in [3.63, 3.8) is 0 Å². The summed E-state index contributed by atoms with van der Waals surface area (Å²) in [6.07, 6.45) is 1.57. The monoisotopic (exact) mass is 449 g/mol. The minimum atomic E-state index is -1.31. The zero-order chi connectivity index (χ0) is 22.7. The van der Waals surface area contributed by atoms with E-state index in [1.54, 1.807) is 19.1 Å². The first-order valence-electron chi connectivity index (χ1n) is 10.4. The van der Waals surface area contributed by atoms with E-state index in [-0.39, 0.29) is 5.91 Å². The van der Waals surface area contributed by atoms with E-state index >= 15 is 0 Å². The summed E-state index contributed by atoms with van der Waals surface area (Å²) in [5.41, 5.74) is 2.25. The second kappa shape index (κ2) is 8.92. The van der Waals surface area contributed by atoms with E-state index in [2.05, 4.69) is 15.6 Å². The van der Waals surface area contributed by atoms with Crippen LogP contribution in [0.4, 0.5) is 10.8 Å². The number of anilines is 2. The molecule has 0 bridgehead atoms. The van der Waals surface area contributed by atoms with Gasteiger partial charge in [-0.1, -0.05) is 37.3 Å². The molecule has 0 spiro atoms. The number of ether oxygens (including phenoxy) is 1. The van der Waals surface area contributed by atoms with Crippen molar-refractivity contribution < 1.29 is 19.1 Å². The number of benzene rings is 2. The Balaban J connectivity index is 1.44. The molecule has 1 atom stereocenters. The molecule has 2 amide bonds. The third-order valence-corrected chi connectivity index (χ3v) is 5.99. The fraction of sp³-hybridized carbons (Fsp3) is 0.250. The first kappa shape index (κ1) is 21.7. The van der Waals surface area contributed by atoms with Gasteiger partial charge >= 0.3 is 5.97 Å². The number of hydrogen-bond donors (Lipinski definition) is 2. The fourth-order valence-corrected chi connectivity index (χ4v) is 4.24. The van der Waals surface area contributed by atoms with Crippen LogP contribution in [0.5, 0.6) is 0 Å². The number of esters is 1. The van der Waals surface area contributed by atoms with Gasteiger partial charge in [0, 0.05) is 29.5 Å². The Morgan fingerprint density at radius 3 is 2.62 bits per heavy atom. The van der Waals surface area contributed by atoms with Gasteiger partial charge in [-0.2, -0.15) is 0 Å². The molecule has 0 saturated carbocycles. The van der Waals surface area contributed by atoms with E-state index in [0.717, 1.165) is 23.2 Å². The summed E-state index contributed by atoms with van der Waals surface area (Å²) in [6.45, 7) is 3.56. The number of nitrogens with one attached hydrogen (secondary N) is 2. The van der Waals surface area contributed by atoms with Crippen LogP contribution in [0.3, 0.4) is 0 Å². The SMILES string of the molecule is CCCC(=O)Nc1ccc(-c2csc(NC(=O)C3(C)Cc4ccccc4C(=O)O3)n2)cc1. The Morgan fingerprint density at radius 2 is 1.88 bits per heavy atom. The maximum atomic E-state index is 12.9. The van der Waals surface area contributed by atoms with Crippen molar-refractivity contribution in [1.29, 1.82) is 0 Å². The quantitative estimate of drug-likeness (QED) is 0.534. The van der Waals surface area contributed by atoms with Crippen LogP contribution in [-0.2, 0) is 20.7 Å². The third-order valence-electron chi connectivity index (χ3n) is 5.23. The molecule has 2 heterocycles. The van der Waals surface area contributed by atoms with Gasteiger partial charge in [-0.3, -0.25) is 14.9 Å². The molecule has 0 aliphatic carbocycles. The summed E-state index contributed by atoms with van der Waals surface area (Å²) in [7, 11) is 0. The van der Waals surface area contributed by atoms with Gasteiger partial charge in [0.15, 0.2) is 10.7 Å². The normalized spacial score (nSPS) is 17.2. The highest BCUT2D eigenvalue weighted by molar-refractivity contribution is 7.14. The van der Waals surface area contributed by atoms with E-state index in [9.17, 15) is 14.4 Å². The number of thiazole rings is 1. The molecule has 4 rings (SSSR count). The lowest BCUT2D eigenvalue weighted by molar-refractivity contribution is -0.134. The summed E-state index contributed by atoms with van der Waals surface area (Å²) >= 11 is 1.29.